The van der Waals surface area contributed by atoms with Gasteiger partial charge >= 0.3 is 0 Å². The lowest BCUT2D eigenvalue weighted by Gasteiger charge is -2.15. The second-order valence-electron chi connectivity index (χ2n) is 4.28. The molecule has 2 unspecified atom stereocenters. The first-order valence-electron chi connectivity index (χ1n) is 5.90. The summed E-state index contributed by atoms with van der Waals surface area (Å²) in [5, 5.41) is 12.5. The molecule has 1 N–H and O–H groups in total. The lowest BCUT2D eigenvalue weighted by molar-refractivity contribution is 0.109. The Morgan fingerprint density at radius 2 is 2.28 bits per heavy atom. The van der Waals surface area contributed by atoms with Crippen molar-refractivity contribution >= 4 is 31.9 Å². The Morgan fingerprint density at radius 3 is 2.89 bits per heavy atom. The third-order valence-electron chi connectivity index (χ3n) is 2.98. The molecule has 0 spiro atoms. The van der Waals surface area contributed by atoms with Crippen LogP contribution >= 0.6 is 31.9 Å². The van der Waals surface area contributed by atoms with Crippen LogP contribution in [-0.2, 0) is 4.74 Å². The molecule has 1 aromatic carbocycles. The Labute approximate surface area is 124 Å². The monoisotopic (exact) mass is 372 g/mol. The smallest absolute Gasteiger partial charge is 0.121 e. The molecule has 2 rings (SSSR count). The van der Waals surface area contributed by atoms with Crippen LogP contribution in [0.25, 0.3) is 0 Å². The molecule has 0 aliphatic carbocycles. The minimum absolute atomic E-state index is 0.250. The molecule has 0 amide bonds. The lowest BCUT2D eigenvalue weighted by atomic mass is 10.1. The van der Waals surface area contributed by atoms with Crippen molar-refractivity contribution in [3.05, 3.63) is 32.7 Å². The molecular weight excluding hydrogens is 360 g/mol. The summed E-state index contributed by atoms with van der Waals surface area (Å²) in [6.45, 7) is 1.57. The molecule has 96 valence electrons. The molecule has 18 heavy (non-hydrogen) atoms. The number of nitrogens with zero attached hydrogens (tertiary/aromatic N) is 1. The van der Waals surface area contributed by atoms with E-state index in [0.717, 1.165) is 40.5 Å². The van der Waals surface area contributed by atoms with Crippen molar-refractivity contribution in [3.8, 4) is 6.07 Å². The molecule has 1 fully saturated rings. The number of benzene rings is 1. The van der Waals surface area contributed by atoms with E-state index in [2.05, 4.69) is 43.2 Å². The lowest BCUT2D eigenvalue weighted by Crippen LogP contribution is -2.29. The molecule has 1 aliphatic rings. The van der Waals surface area contributed by atoms with E-state index in [9.17, 15) is 5.26 Å². The van der Waals surface area contributed by atoms with Crippen molar-refractivity contribution < 1.29 is 4.74 Å². The first kappa shape index (κ1) is 14.0. The van der Waals surface area contributed by atoms with Crippen molar-refractivity contribution in [2.24, 2.45) is 0 Å². The van der Waals surface area contributed by atoms with Crippen molar-refractivity contribution in [1.29, 1.82) is 5.26 Å². The zero-order valence-electron chi connectivity index (χ0n) is 9.83. The van der Waals surface area contributed by atoms with E-state index in [1.165, 1.54) is 0 Å². The van der Waals surface area contributed by atoms with Crippen LogP contribution < -0.4 is 5.32 Å². The Morgan fingerprint density at radius 1 is 1.44 bits per heavy atom. The highest BCUT2D eigenvalue weighted by molar-refractivity contribution is 9.13. The van der Waals surface area contributed by atoms with E-state index >= 15 is 0 Å². The average Bonchev–Trinajstić information content (AvgIpc) is 2.87. The largest absolute Gasteiger partial charge is 0.377 e. The summed E-state index contributed by atoms with van der Waals surface area (Å²) < 4.78 is 7.48. The fourth-order valence-corrected chi connectivity index (χ4v) is 2.63. The number of nitriles is 1. The van der Waals surface area contributed by atoms with Gasteiger partial charge in [-0.05, 0) is 62.4 Å². The van der Waals surface area contributed by atoms with E-state index in [0.29, 0.717) is 0 Å². The maximum Gasteiger partial charge on any atom is 0.121 e. The van der Waals surface area contributed by atoms with Gasteiger partial charge in [-0.1, -0.05) is 6.07 Å². The second kappa shape index (κ2) is 6.67. The van der Waals surface area contributed by atoms with Gasteiger partial charge in [-0.2, -0.15) is 5.26 Å². The van der Waals surface area contributed by atoms with Crippen LogP contribution in [0.1, 0.15) is 24.4 Å². The summed E-state index contributed by atoms with van der Waals surface area (Å²) in [5.74, 6) is 0. The topological polar surface area (TPSA) is 45.0 Å². The number of rotatable bonds is 4. The van der Waals surface area contributed by atoms with Crippen LogP contribution in [0.15, 0.2) is 27.1 Å². The first-order chi connectivity index (χ1) is 8.70. The fraction of sp³-hybridized carbons (Fsp3) is 0.462. The van der Waals surface area contributed by atoms with Gasteiger partial charge in [-0.3, -0.25) is 5.32 Å². The van der Waals surface area contributed by atoms with Crippen molar-refractivity contribution in [2.75, 3.05) is 13.2 Å². The minimum atomic E-state index is -0.293. The van der Waals surface area contributed by atoms with Gasteiger partial charge in [0.05, 0.1) is 12.2 Å². The van der Waals surface area contributed by atoms with Gasteiger partial charge in [0.15, 0.2) is 0 Å². The Hall–Kier alpha value is -0.410. The van der Waals surface area contributed by atoms with E-state index < -0.39 is 0 Å². The number of hydrogen-bond donors (Lipinski definition) is 1. The second-order valence-corrected chi connectivity index (χ2v) is 5.99. The summed E-state index contributed by atoms with van der Waals surface area (Å²) in [6.07, 6.45) is 2.45. The summed E-state index contributed by atoms with van der Waals surface area (Å²) in [7, 11) is 0. The molecule has 0 aromatic heterocycles. The molecule has 1 aliphatic heterocycles. The van der Waals surface area contributed by atoms with Crippen LogP contribution in [-0.4, -0.2) is 19.3 Å². The summed E-state index contributed by atoms with van der Waals surface area (Å²) in [6, 6.07) is 7.84. The molecule has 1 aromatic rings. The van der Waals surface area contributed by atoms with E-state index in [-0.39, 0.29) is 12.1 Å². The molecule has 3 nitrogen and oxygen atoms in total. The van der Waals surface area contributed by atoms with Gasteiger partial charge < -0.3 is 4.74 Å². The summed E-state index contributed by atoms with van der Waals surface area (Å²) in [4.78, 5) is 0. The van der Waals surface area contributed by atoms with Crippen molar-refractivity contribution in [1.82, 2.24) is 5.32 Å². The molecule has 5 heteroatoms. The van der Waals surface area contributed by atoms with Gasteiger partial charge in [0.25, 0.3) is 0 Å². The van der Waals surface area contributed by atoms with Crippen LogP contribution in [0.2, 0.25) is 0 Å². The molecular formula is C13H14Br2N2O. The zero-order chi connectivity index (χ0) is 13.0. The number of hydrogen-bond acceptors (Lipinski definition) is 3. The highest BCUT2D eigenvalue weighted by atomic mass is 79.9. The summed E-state index contributed by atoms with van der Waals surface area (Å²) >= 11 is 6.88. The number of nitrogens with one attached hydrogen (secondary N) is 1. The summed E-state index contributed by atoms with van der Waals surface area (Å²) in [5.41, 5.74) is 0.963. The van der Waals surface area contributed by atoms with Gasteiger partial charge in [-0.25, -0.2) is 0 Å². The van der Waals surface area contributed by atoms with Gasteiger partial charge in [0.2, 0.25) is 0 Å². The van der Waals surface area contributed by atoms with Crippen molar-refractivity contribution in [3.63, 3.8) is 0 Å². The third-order valence-corrected chi connectivity index (χ3v) is 4.86. The molecule has 1 heterocycles. The standard InChI is InChI=1S/C13H14Br2N2O/c14-11-4-3-9(6-12(11)15)13(7-16)17-8-10-2-1-5-18-10/h3-4,6,10,13,17H,1-2,5,8H2. The Kier molecular flexibility index (Phi) is 5.19. The normalized spacial score (nSPS) is 20.6. The predicted molar refractivity (Wildman–Crippen MR) is 77.2 cm³/mol. The predicted octanol–water partition coefficient (Wildman–Crippen LogP) is 3.54. The minimum Gasteiger partial charge on any atom is -0.377 e. The van der Waals surface area contributed by atoms with Crippen LogP contribution in [0, 0.1) is 11.3 Å². The highest BCUT2D eigenvalue weighted by Gasteiger charge is 2.18. The van der Waals surface area contributed by atoms with Gasteiger partial charge in [0, 0.05) is 22.1 Å². The SMILES string of the molecule is N#CC(NCC1CCCO1)c1ccc(Br)c(Br)c1. The third kappa shape index (κ3) is 3.55. The van der Waals surface area contributed by atoms with Crippen LogP contribution in [0.4, 0.5) is 0 Å². The molecule has 2 atom stereocenters. The maximum absolute atomic E-state index is 9.23. The quantitative estimate of drug-likeness (QED) is 0.877. The zero-order valence-corrected chi connectivity index (χ0v) is 13.0. The van der Waals surface area contributed by atoms with Crippen molar-refractivity contribution in [2.45, 2.75) is 25.0 Å². The number of halogens is 2. The first-order valence-corrected chi connectivity index (χ1v) is 7.49. The fourth-order valence-electron chi connectivity index (χ4n) is 1.98. The Balaban J connectivity index is 1.99. The van der Waals surface area contributed by atoms with E-state index in [1.807, 2.05) is 18.2 Å². The molecule has 0 saturated carbocycles. The van der Waals surface area contributed by atoms with Crippen LogP contribution in [0.3, 0.4) is 0 Å². The molecule has 0 bridgehead atoms. The van der Waals surface area contributed by atoms with E-state index in [1.54, 1.807) is 0 Å². The molecule has 0 radical (unpaired) electrons. The van der Waals surface area contributed by atoms with Gasteiger partial charge in [-0.15, -0.1) is 0 Å². The number of ether oxygens (including phenoxy) is 1. The highest BCUT2D eigenvalue weighted by Crippen LogP contribution is 2.26. The molecule has 1 saturated heterocycles. The van der Waals surface area contributed by atoms with Crippen LogP contribution in [0.5, 0.6) is 0 Å². The maximum atomic E-state index is 9.23. The Bertz CT molecular complexity index is 453. The van der Waals surface area contributed by atoms with Gasteiger partial charge in [0.1, 0.15) is 6.04 Å². The average molecular weight is 374 g/mol. The van der Waals surface area contributed by atoms with E-state index in [4.69, 9.17) is 4.74 Å².